The fourth-order valence-electron chi connectivity index (χ4n) is 3.14. The number of nitrogens with one attached hydrogen (secondary N) is 1. The molecule has 2 aromatic carbocycles. The van der Waals surface area contributed by atoms with Gasteiger partial charge in [-0.2, -0.15) is 0 Å². The summed E-state index contributed by atoms with van der Waals surface area (Å²) in [6.45, 7) is 7.26. The van der Waals surface area contributed by atoms with Crippen LogP contribution in [0.15, 0.2) is 39.2 Å². The van der Waals surface area contributed by atoms with E-state index in [1.54, 1.807) is 13.0 Å². The fraction of sp³-hybridized carbons (Fsp3) is 0.238. The normalized spacial score (nSPS) is 10.9. The number of esters is 1. The zero-order valence-corrected chi connectivity index (χ0v) is 17.2. The van der Waals surface area contributed by atoms with Gasteiger partial charge in [-0.25, -0.2) is 4.79 Å². The highest BCUT2D eigenvalue weighted by atomic mass is 79.9. The molecular formula is C21H20BrNO4. The van der Waals surface area contributed by atoms with Crippen LogP contribution < -0.4 is 5.32 Å². The minimum Gasteiger partial charge on any atom is -0.450 e. The second-order valence-electron chi connectivity index (χ2n) is 6.59. The van der Waals surface area contributed by atoms with Gasteiger partial charge in [0.2, 0.25) is 5.76 Å². The summed E-state index contributed by atoms with van der Waals surface area (Å²) in [5.74, 6) is -0.944. The topological polar surface area (TPSA) is 68.5 Å². The first-order chi connectivity index (χ1) is 12.8. The van der Waals surface area contributed by atoms with Crippen molar-refractivity contribution in [2.24, 2.45) is 0 Å². The summed E-state index contributed by atoms with van der Waals surface area (Å²) >= 11 is 3.40. The molecule has 1 amide bonds. The molecule has 27 heavy (non-hydrogen) atoms. The number of anilines is 1. The van der Waals surface area contributed by atoms with E-state index in [9.17, 15) is 9.59 Å². The molecule has 1 aromatic heterocycles. The van der Waals surface area contributed by atoms with E-state index in [0.29, 0.717) is 11.1 Å². The van der Waals surface area contributed by atoms with Crippen LogP contribution in [-0.4, -0.2) is 18.5 Å². The third-order valence-electron chi connectivity index (χ3n) is 4.36. The standard InChI is InChI=1S/C21H20BrNO4/c1-11-7-12(2)19(13(3)8-11)23-18(24)10-26-21(25)20-14(4)16-9-15(22)5-6-17(16)27-20/h5-9H,10H2,1-4H3,(H,23,24). The first-order valence-corrected chi connectivity index (χ1v) is 9.29. The lowest BCUT2D eigenvalue weighted by Gasteiger charge is -2.12. The number of ether oxygens (including phenoxy) is 1. The van der Waals surface area contributed by atoms with Gasteiger partial charge in [-0.1, -0.05) is 33.6 Å². The maximum Gasteiger partial charge on any atom is 0.375 e. The number of amides is 1. The Bertz CT molecular complexity index is 1030. The lowest BCUT2D eigenvalue weighted by Crippen LogP contribution is -2.22. The van der Waals surface area contributed by atoms with Gasteiger partial charge in [0, 0.05) is 21.1 Å². The van der Waals surface area contributed by atoms with Crippen LogP contribution in [0, 0.1) is 27.7 Å². The number of fused-ring (bicyclic) bond motifs is 1. The van der Waals surface area contributed by atoms with E-state index in [-0.39, 0.29) is 12.4 Å². The van der Waals surface area contributed by atoms with Crippen molar-refractivity contribution in [3.8, 4) is 0 Å². The summed E-state index contributed by atoms with van der Waals surface area (Å²) in [7, 11) is 0. The first-order valence-electron chi connectivity index (χ1n) is 8.49. The van der Waals surface area contributed by atoms with Crippen LogP contribution in [0.1, 0.15) is 32.8 Å². The molecule has 0 atom stereocenters. The van der Waals surface area contributed by atoms with E-state index in [2.05, 4.69) is 21.2 Å². The Labute approximate surface area is 165 Å². The molecule has 0 aliphatic carbocycles. The molecular weight excluding hydrogens is 410 g/mol. The van der Waals surface area contributed by atoms with E-state index >= 15 is 0 Å². The quantitative estimate of drug-likeness (QED) is 0.576. The van der Waals surface area contributed by atoms with Crippen molar-refractivity contribution in [3.63, 3.8) is 0 Å². The molecule has 0 fully saturated rings. The molecule has 1 N–H and O–H groups in total. The van der Waals surface area contributed by atoms with Crippen molar-refractivity contribution < 1.29 is 18.7 Å². The van der Waals surface area contributed by atoms with E-state index in [1.807, 2.05) is 45.0 Å². The van der Waals surface area contributed by atoms with Crippen molar-refractivity contribution in [2.75, 3.05) is 11.9 Å². The second kappa shape index (κ2) is 7.56. The molecule has 140 valence electrons. The fourth-order valence-corrected chi connectivity index (χ4v) is 3.50. The average Bonchev–Trinajstić information content (AvgIpc) is 2.92. The molecule has 0 aliphatic heterocycles. The molecule has 0 bridgehead atoms. The van der Waals surface area contributed by atoms with Gasteiger partial charge in [0.25, 0.3) is 5.91 Å². The number of benzene rings is 2. The molecule has 3 aromatic rings. The Balaban J connectivity index is 1.69. The van der Waals surface area contributed by atoms with E-state index in [0.717, 1.165) is 32.2 Å². The molecule has 0 radical (unpaired) electrons. The molecule has 1 heterocycles. The minimum atomic E-state index is -0.660. The summed E-state index contributed by atoms with van der Waals surface area (Å²) in [6.07, 6.45) is 0. The van der Waals surface area contributed by atoms with Gasteiger partial charge in [0.05, 0.1) is 0 Å². The Hall–Kier alpha value is -2.60. The number of hydrogen-bond acceptors (Lipinski definition) is 4. The summed E-state index contributed by atoms with van der Waals surface area (Å²) in [5, 5.41) is 3.63. The van der Waals surface area contributed by atoms with Crippen LogP contribution in [0.25, 0.3) is 11.0 Å². The van der Waals surface area contributed by atoms with Crippen LogP contribution in [0.3, 0.4) is 0 Å². The highest BCUT2D eigenvalue weighted by molar-refractivity contribution is 9.10. The molecule has 0 unspecified atom stereocenters. The molecule has 0 saturated heterocycles. The maximum absolute atomic E-state index is 12.3. The highest BCUT2D eigenvalue weighted by Gasteiger charge is 2.20. The SMILES string of the molecule is Cc1cc(C)c(NC(=O)COC(=O)c2oc3ccc(Br)cc3c2C)c(C)c1. The second-order valence-corrected chi connectivity index (χ2v) is 7.51. The molecule has 0 aliphatic rings. The molecule has 0 spiro atoms. The summed E-state index contributed by atoms with van der Waals surface area (Å²) in [6, 6.07) is 9.47. The van der Waals surface area contributed by atoms with Gasteiger partial charge in [-0.15, -0.1) is 0 Å². The average molecular weight is 430 g/mol. The highest BCUT2D eigenvalue weighted by Crippen LogP contribution is 2.28. The van der Waals surface area contributed by atoms with Crippen LogP contribution in [0.5, 0.6) is 0 Å². The summed E-state index contributed by atoms with van der Waals surface area (Å²) in [5.41, 5.74) is 5.07. The number of carbonyl (C=O) groups excluding carboxylic acids is 2. The van der Waals surface area contributed by atoms with Gasteiger partial charge in [0.15, 0.2) is 6.61 Å². The van der Waals surface area contributed by atoms with Crippen molar-refractivity contribution in [1.82, 2.24) is 0 Å². The summed E-state index contributed by atoms with van der Waals surface area (Å²) in [4.78, 5) is 24.6. The summed E-state index contributed by atoms with van der Waals surface area (Å²) < 4.78 is 11.6. The van der Waals surface area contributed by atoms with E-state index < -0.39 is 11.9 Å². The third-order valence-corrected chi connectivity index (χ3v) is 4.85. The van der Waals surface area contributed by atoms with Crippen molar-refractivity contribution >= 4 is 44.5 Å². The Kier molecular flexibility index (Phi) is 5.37. The largest absolute Gasteiger partial charge is 0.450 e. The number of aryl methyl sites for hydroxylation is 4. The van der Waals surface area contributed by atoms with Gasteiger partial charge >= 0.3 is 5.97 Å². The van der Waals surface area contributed by atoms with Crippen molar-refractivity contribution in [2.45, 2.75) is 27.7 Å². The Morgan fingerprint density at radius 3 is 2.41 bits per heavy atom. The zero-order chi connectivity index (χ0) is 19.7. The first kappa shape index (κ1) is 19.2. The van der Waals surface area contributed by atoms with Crippen LogP contribution >= 0.6 is 15.9 Å². The molecule has 5 nitrogen and oxygen atoms in total. The van der Waals surface area contributed by atoms with E-state index in [4.69, 9.17) is 9.15 Å². The number of rotatable bonds is 4. The van der Waals surface area contributed by atoms with Crippen molar-refractivity contribution in [3.05, 3.63) is 62.8 Å². The van der Waals surface area contributed by atoms with Crippen molar-refractivity contribution in [1.29, 1.82) is 0 Å². The predicted octanol–water partition coefficient (Wildman–Crippen LogP) is 5.22. The molecule has 0 saturated carbocycles. The van der Waals surface area contributed by atoms with Gasteiger partial charge in [-0.05, 0) is 57.0 Å². The Morgan fingerprint density at radius 1 is 1.07 bits per heavy atom. The maximum atomic E-state index is 12.3. The van der Waals surface area contributed by atoms with Crippen LogP contribution in [0.4, 0.5) is 5.69 Å². The van der Waals surface area contributed by atoms with Crippen LogP contribution in [-0.2, 0) is 9.53 Å². The van der Waals surface area contributed by atoms with Crippen LogP contribution in [0.2, 0.25) is 0 Å². The van der Waals surface area contributed by atoms with Gasteiger partial charge in [-0.3, -0.25) is 4.79 Å². The van der Waals surface area contributed by atoms with Gasteiger partial charge < -0.3 is 14.5 Å². The lowest BCUT2D eigenvalue weighted by atomic mass is 10.1. The molecule has 6 heteroatoms. The Morgan fingerprint density at radius 2 is 1.74 bits per heavy atom. The molecule has 3 rings (SSSR count). The monoisotopic (exact) mass is 429 g/mol. The smallest absolute Gasteiger partial charge is 0.375 e. The third kappa shape index (κ3) is 4.06. The minimum absolute atomic E-state index is 0.110. The zero-order valence-electron chi connectivity index (χ0n) is 15.6. The van der Waals surface area contributed by atoms with E-state index in [1.165, 1.54) is 0 Å². The predicted molar refractivity (Wildman–Crippen MR) is 108 cm³/mol. The number of carbonyl (C=O) groups is 2. The number of hydrogen-bond donors (Lipinski definition) is 1. The van der Waals surface area contributed by atoms with Gasteiger partial charge in [0.1, 0.15) is 5.58 Å². The lowest BCUT2D eigenvalue weighted by molar-refractivity contribution is -0.119. The number of halogens is 1. The number of furan rings is 1.